The zero-order chi connectivity index (χ0) is 15.5. The Kier molecular flexibility index (Phi) is 3.91. The highest BCUT2D eigenvalue weighted by atomic mass is 16.5. The van der Waals surface area contributed by atoms with Crippen LogP contribution < -0.4 is 4.74 Å². The lowest BCUT2D eigenvalue weighted by molar-refractivity contribution is 0.0702. The second-order valence-electron chi connectivity index (χ2n) is 5.15. The Bertz CT molecular complexity index is 691. The van der Waals surface area contributed by atoms with Crippen molar-refractivity contribution in [2.45, 2.75) is 20.0 Å². The van der Waals surface area contributed by atoms with Crippen molar-refractivity contribution in [1.29, 1.82) is 0 Å². The minimum atomic E-state index is 0.00201. The summed E-state index contributed by atoms with van der Waals surface area (Å²) in [5.74, 6) is 2.31. The number of nitrogens with zero attached hydrogens (tertiary/aromatic N) is 4. The van der Waals surface area contributed by atoms with Crippen LogP contribution in [0.1, 0.15) is 22.0 Å². The fourth-order valence-corrected chi connectivity index (χ4v) is 2.47. The first-order valence-electron chi connectivity index (χ1n) is 7.21. The lowest BCUT2D eigenvalue weighted by Crippen LogP contribution is -2.38. The van der Waals surface area contributed by atoms with E-state index in [1.165, 1.54) is 0 Å². The highest BCUT2D eigenvalue weighted by molar-refractivity contribution is 5.94. The van der Waals surface area contributed by atoms with Gasteiger partial charge in [-0.2, -0.15) is 5.10 Å². The number of hydrogen-bond acceptors (Lipinski definition) is 4. The molecule has 0 bridgehead atoms. The number of aryl methyl sites for hydroxylation is 1. The van der Waals surface area contributed by atoms with Gasteiger partial charge in [-0.25, -0.2) is 9.67 Å². The van der Waals surface area contributed by atoms with Gasteiger partial charge in [0.25, 0.3) is 5.91 Å². The maximum absolute atomic E-state index is 12.6. The van der Waals surface area contributed by atoms with Gasteiger partial charge in [0.05, 0.1) is 13.1 Å². The molecule has 0 fully saturated rings. The highest BCUT2D eigenvalue weighted by Gasteiger charge is 2.23. The van der Waals surface area contributed by atoms with Crippen molar-refractivity contribution in [3.63, 3.8) is 0 Å². The largest absolute Gasteiger partial charge is 0.490 e. The monoisotopic (exact) mass is 298 g/mol. The first-order valence-corrected chi connectivity index (χ1v) is 7.21. The number of benzene rings is 1. The van der Waals surface area contributed by atoms with Crippen molar-refractivity contribution in [2.24, 2.45) is 0 Å². The Morgan fingerprint density at radius 1 is 1.36 bits per heavy atom. The molecule has 2 aromatic rings. The summed E-state index contributed by atoms with van der Waals surface area (Å²) >= 11 is 0. The number of rotatable bonds is 4. The van der Waals surface area contributed by atoms with Crippen LogP contribution in [0.5, 0.6) is 5.75 Å². The van der Waals surface area contributed by atoms with Crippen LogP contribution in [0.15, 0.2) is 36.9 Å². The summed E-state index contributed by atoms with van der Waals surface area (Å²) in [5.41, 5.74) is 0.649. The molecule has 114 valence electrons. The topological polar surface area (TPSA) is 60.2 Å². The zero-order valence-electron chi connectivity index (χ0n) is 12.5. The SMILES string of the molecule is C=CCOc1ccc(C(=O)N2CCn3nc(C)nc3C2)cc1. The summed E-state index contributed by atoms with van der Waals surface area (Å²) in [6.07, 6.45) is 1.69. The number of aromatic nitrogens is 3. The van der Waals surface area contributed by atoms with Gasteiger partial charge in [-0.05, 0) is 31.2 Å². The average Bonchev–Trinajstić information content (AvgIpc) is 2.91. The molecule has 0 saturated carbocycles. The summed E-state index contributed by atoms with van der Waals surface area (Å²) in [4.78, 5) is 18.7. The number of hydrogen-bond donors (Lipinski definition) is 0. The first-order chi connectivity index (χ1) is 10.7. The van der Waals surface area contributed by atoms with Crippen LogP contribution in [-0.4, -0.2) is 38.7 Å². The molecule has 0 aliphatic carbocycles. The predicted molar refractivity (Wildman–Crippen MR) is 81.6 cm³/mol. The molecule has 3 rings (SSSR count). The summed E-state index contributed by atoms with van der Waals surface area (Å²) in [6.45, 7) is 7.74. The molecule has 0 saturated heterocycles. The number of fused-ring (bicyclic) bond motifs is 1. The predicted octanol–water partition coefficient (Wildman–Crippen LogP) is 1.81. The van der Waals surface area contributed by atoms with Gasteiger partial charge in [0.1, 0.15) is 24.0 Å². The van der Waals surface area contributed by atoms with Gasteiger partial charge in [-0.1, -0.05) is 12.7 Å². The molecule has 0 N–H and O–H groups in total. The van der Waals surface area contributed by atoms with E-state index in [2.05, 4.69) is 16.7 Å². The van der Waals surface area contributed by atoms with Gasteiger partial charge < -0.3 is 9.64 Å². The van der Waals surface area contributed by atoms with Gasteiger partial charge in [0, 0.05) is 12.1 Å². The lowest BCUT2D eigenvalue weighted by atomic mass is 10.2. The molecular formula is C16H18N4O2. The van der Waals surface area contributed by atoms with Gasteiger partial charge in [-0.3, -0.25) is 4.79 Å². The molecule has 2 heterocycles. The van der Waals surface area contributed by atoms with E-state index in [0.717, 1.165) is 17.4 Å². The normalized spacial score (nSPS) is 13.6. The highest BCUT2D eigenvalue weighted by Crippen LogP contribution is 2.17. The van der Waals surface area contributed by atoms with Crippen LogP contribution in [0.2, 0.25) is 0 Å². The number of carbonyl (C=O) groups excluding carboxylic acids is 1. The van der Waals surface area contributed by atoms with Crippen molar-refractivity contribution in [3.05, 3.63) is 54.1 Å². The van der Waals surface area contributed by atoms with Crippen molar-refractivity contribution in [2.75, 3.05) is 13.2 Å². The molecule has 1 aromatic carbocycles. The fourth-order valence-electron chi connectivity index (χ4n) is 2.47. The Balaban J connectivity index is 1.70. The molecule has 1 aliphatic rings. The van der Waals surface area contributed by atoms with Crippen LogP contribution in [0.25, 0.3) is 0 Å². The van der Waals surface area contributed by atoms with Gasteiger partial charge in [0.2, 0.25) is 0 Å². The van der Waals surface area contributed by atoms with Gasteiger partial charge >= 0.3 is 0 Å². The van der Waals surface area contributed by atoms with Crippen molar-refractivity contribution >= 4 is 5.91 Å². The molecule has 6 heteroatoms. The summed E-state index contributed by atoms with van der Waals surface area (Å²) in [7, 11) is 0. The molecule has 0 unspecified atom stereocenters. The summed E-state index contributed by atoms with van der Waals surface area (Å²) in [5, 5.41) is 4.30. The Morgan fingerprint density at radius 3 is 2.86 bits per heavy atom. The van der Waals surface area contributed by atoms with E-state index in [1.807, 2.05) is 11.6 Å². The van der Waals surface area contributed by atoms with E-state index in [4.69, 9.17) is 4.74 Å². The van der Waals surface area contributed by atoms with Crippen LogP contribution >= 0.6 is 0 Å². The van der Waals surface area contributed by atoms with E-state index in [-0.39, 0.29) is 5.91 Å². The third-order valence-corrected chi connectivity index (χ3v) is 3.52. The second-order valence-corrected chi connectivity index (χ2v) is 5.15. The quantitative estimate of drug-likeness (QED) is 0.808. The second kappa shape index (κ2) is 6.01. The van der Waals surface area contributed by atoms with E-state index in [1.54, 1.807) is 35.2 Å². The Labute approximate surface area is 129 Å². The number of amides is 1. The molecule has 1 aromatic heterocycles. The number of carbonyl (C=O) groups is 1. The van der Waals surface area contributed by atoms with E-state index >= 15 is 0 Å². The van der Waals surface area contributed by atoms with Crippen LogP contribution in [0, 0.1) is 6.92 Å². The maximum Gasteiger partial charge on any atom is 0.254 e. The Morgan fingerprint density at radius 2 is 2.14 bits per heavy atom. The smallest absolute Gasteiger partial charge is 0.254 e. The van der Waals surface area contributed by atoms with Crippen molar-refractivity contribution in [3.8, 4) is 5.75 Å². The Hall–Kier alpha value is -2.63. The van der Waals surface area contributed by atoms with Crippen LogP contribution in [-0.2, 0) is 13.1 Å². The van der Waals surface area contributed by atoms with E-state index < -0.39 is 0 Å². The summed E-state index contributed by atoms with van der Waals surface area (Å²) < 4.78 is 7.29. The average molecular weight is 298 g/mol. The van der Waals surface area contributed by atoms with Gasteiger partial charge in [0.15, 0.2) is 0 Å². The molecule has 1 aliphatic heterocycles. The molecule has 22 heavy (non-hydrogen) atoms. The third kappa shape index (κ3) is 2.86. The van der Waals surface area contributed by atoms with Crippen LogP contribution in [0.3, 0.4) is 0 Å². The maximum atomic E-state index is 12.6. The fraction of sp³-hybridized carbons (Fsp3) is 0.312. The van der Waals surface area contributed by atoms with Crippen molar-refractivity contribution in [1.82, 2.24) is 19.7 Å². The number of ether oxygens (including phenoxy) is 1. The standard InChI is InChI=1S/C16H18N4O2/c1-3-10-22-14-6-4-13(5-7-14)16(21)19-8-9-20-15(11-19)17-12(2)18-20/h3-7H,1,8-11H2,2H3. The first kappa shape index (κ1) is 14.3. The molecule has 0 radical (unpaired) electrons. The zero-order valence-corrected chi connectivity index (χ0v) is 12.5. The molecule has 0 atom stereocenters. The molecule has 1 amide bonds. The van der Waals surface area contributed by atoms with E-state index in [0.29, 0.717) is 31.8 Å². The summed E-state index contributed by atoms with van der Waals surface area (Å²) in [6, 6.07) is 7.16. The third-order valence-electron chi connectivity index (χ3n) is 3.52. The minimum absolute atomic E-state index is 0.00201. The van der Waals surface area contributed by atoms with Crippen LogP contribution in [0.4, 0.5) is 0 Å². The lowest BCUT2D eigenvalue weighted by Gasteiger charge is -2.26. The molecule has 6 nitrogen and oxygen atoms in total. The van der Waals surface area contributed by atoms with E-state index in [9.17, 15) is 4.79 Å². The molecule has 0 spiro atoms. The van der Waals surface area contributed by atoms with Crippen molar-refractivity contribution < 1.29 is 9.53 Å². The molecular weight excluding hydrogens is 280 g/mol. The van der Waals surface area contributed by atoms with Gasteiger partial charge in [-0.15, -0.1) is 0 Å². The minimum Gasteiger partial charge on any atom is -0.490 e.